The molecule has 0 aromatic heterocycles. The lowest BCUT2D eigenvalue weighted by Crippen LogP contribution is -2.15. The molecule has 2 aliphatic rings. The molecule has 50 heavy (non-hydrogen) atoms. The fourth-order valence-electron chi connectivity index (χ4n) is 8.31. The van der Waals surface area contributed by atoms with Crippen molar-refractivity contribution in [1.29, 1.82) is 0 Å². The van der Waals surface area contributed by atoms with Gasteiger partial charge in [-0.2, -0.15) is 0 Å². The fraction of sp³-hybridized carbons (Fsp3) is 0.609. The third-order valence-corrected chi connectivity index (χ3v) is 11.4. The van der Waals surface area contributed by atoms with Gasteiger partial charge in [0.15, 0.2) is 0 Å². The lowest BCUT2D eigenvalue weighted by Gasteiger charge is -2.28. The second-order valence-electron chi connectivity index (χ2n) is 15.3. The average Bonchev–Trinajstić information content (AvgIpc) is 3.16. The van der Waals surface area contributed by atoms with E-state index in [1.807, 2.05) is 6.07 Å². The summed E-state index contributed by atoms with van der Waals surface area (Å²) in [6.07, 6.45) is 21.7. The first-order chi connectivity index (χ1) is 24.7. The fourth-order valence-corrected chi connectivity index (χ4v) is 8.31. The largest absolute Gasteiger partial charge is 0.494 e. The molecule has 0 N–H and O–H groups in total. The number of ether oxygens (including phenoxy) is 4. The van der Waals surface area contributed by atoms with Crippen molar-refractivity contribution in [2.75, 3.05) is 19.8 Å². The van der Waals surface area contributed by atoms with Gasteiger partial charge >= 0.3 is 0 Å². The topological polar surface area (TPSA) is 36.9 Å². The van der Waals surface area contributed by atoms with Crippen LogP contribution < -0.4 is 9.47 Å². The minimum atomic E-state index is -0.145. The van der Waals surface area contributed by atoms with Crippen LogP contribution in [0.15, 0.2) is 78.9 Å². The molecule has 0 bridgehead atoms. The minimum Gasteiger partial charge on any atom is -0.494 e. The first kappa shape index (κ1) is 38.4. The maximum atomic E-state index is 6.43. The van der Waals surface area contributed by atoms with Gasteiger partial charge < -0.3 is 18.9 Å². The summed E-state index contributed by atoms with van der Waals surface area (Å²) >= 11 is 0. The van der Waals surface area contributed by atoms with Crippen LogP contribution in [0.3, 0.4) is 0 Å². The zero-order chi connectivity index (χ0) is 34.6. The molecule has 4 nitrogen and oxygen atoms in total. The summed E-state index contributed by atoms with van der Waals surface area (Å²) in [5, 5.41) is 0. The van der Waals surface area contributed by atoms with Crippen molar-refractivity contribution in [3.05, 3.63) is 95.6 Å². The van der Waals surface area contributed by atoms with E-state index in [9.17, 15) is 0 Å². The molecule has 2 aliphatic carbocycles. The summed E-state index contributed by atoms with van der Waals surface area (Å²) in [7, 11) is 0. The molecular formula is C46H66O4. The maximum absolute atomic E-state index is 6.43. The smallest absolute Gasteiger partial charge is 0.119 e. The minimum absolute atomic E-state index is 0.145. The van der Waals surface area contributed by atoms with Crippen LogP contribution in [0, 0.1) is 23.7 Å². The van der Waals surface area contributed by atoms with Crippen LogP contribution in [0.1, 0.15) is 139 Å². The molecule has 0 heterocycles. The molecule has 3 aromatic carbocycles. The van der Waals surface area contributed by atoms with E-state index >= 15 is 0 Å². The zero-order valence-corrected chi connectivity index (χ0v) is 31.4. The van der Waals surface area contributed by atoms with Gasteiger partial charge in [-0.05, 0) is 90.3 Å². The predicted octanol–water partition coefficient (Wildman–Crippen LogP) is 12.7. The van der Waals surface area contributed by atoms with Crippen LogP contribution >= 0.6 is 0 Å². The van der Waals surface area contributed by atoms with Crippen LogP contribution in [-0.2, 0) is 22.7 Å². The summed E-state index contributed by atoms with van der Waals surface area (Å²) in [6, 6.07) is 27.2. The SMILES string of the molecule is CCC[C@H]1CC[C@H](CCCOc2ccc(COC[C@H](OCc3ccc(OCCC[C@H]4CC[C@H](CCC)CC4)cc3)c3ccccc3)cc2)CC1. The molecule has 4 heteroatoms. The normalized spacial score (nSPS) is 21.5. The van der Waals surface area contributed by atoms with E-state index in [4.69, 9.17) is 18.9 Å². The average molecular weight is 683 g/mol. The van der Waals surface area contributed by atoms with Crippen LogP contribution in [0.4, 0.5) is 0 Å². The van der Waals surface area contributed by atoms with E-state index in [1.165, 1.54) is 89.9 Å². The van der Waals surface area contributed by atoms with Gasteiger partial charge in [-0.25, -0.2) is 0 Å². The molecule has 2 fully saturated rings. The van der Waals surface area contributed by atoms with E-state index in [1.54, 1.807) is 0 Å². The van der Waals surface area contributed by atoms with Gasteiger partial charge in [0.25, 0.3) is 0 Å². The molecule has 0 aliphatic heterocycles. The van der Waals surface area contributed by atoms with Crippen LogP contribution in [0.5, 0.6) is 11.5 Å². The highest BCUT2D eigenvalue weighted by Crippen LogP contribution is 2.35. The van der Waals surface area contributed by atoms with Crippen LogP contribution in [-0.4, -0.2) is 19.8 Å². The van der Waals surface area contributed by atoms with E-state index in [0.29, 0.717) is 19.8 Å². The maximum Gasteiger partial charge on any atom is 0.119 e. The monoisotopic (exact) mass is 682 g/mol. The summed E-state index contributed by atoms with van der Waals surface area (Å²) < 4.78 is 24.8. The Morgan fingerprint density at radius 3 is 1.42 bits per heavy atom. The molecule has 0 unspecified atom stereocenters. The summed E-state index contributed by atoms with van der Waals surface area (Å²) in [5.74, 6) is 5.66. The first-order valence-electron chi connectivity index (χ1n) is 20.4. The number of hydrogen-bond donors (Lipinski definition) is 0. The Balaban J connectivity index is 0.972. The van der Waals surface area contributed by atoms with E-state index < -0.39 is 0 Å². The van der Waals surface area contributed by atoms with Gasteiger partial charge in [0.1, 0.15) is 17.6 Å². The summed E-state index contributed by atoms with van der Waals surface area (Å²) in [5.41, 5.74) is 3.41. The molecule has 1 atom stereocenters. The molecule has 5 rings (SSSR count). The quantitative estimate of drug-likeness (QED) is 0.0989. The Morgan fingerprint density at radius 1 is 0.520 bits per heavy atom. The Hall–Kier alpha value is -2.82. The predicted molar refractivity (Wildman–Crippen MR) is 207 cm³/mol. The molecule has 3 aromatic rings. The highest BCUT2D eigenvalue weighted by molar-refractivity contribution is 5.28. The van der Waals surface area contributed by atoms with E-state index in [-0.39, 0.29) is 6.10 Å². The Morgan fingerprint density at radius 2 is 0.960 bits per heavy atom. The molecule has 0 amide bonds. The van der Waals surface area contributed by atoms with E-state index in [0.717, 1.165) is 77.9 Å². The molecule has 0 saturated heterocycles. The van der Waals surface area contributed by atoms with Gasteiger partial charge in [-0.15, -0.1) is 0 Å². The lowest BCUT2D eigenvalue weighted by atomic mass is 9.78. The second-order valence-corrected chi connectivity index (χ2v) is 15.3. The standard InChI is InChI=1S/C46H66O4/c1-3-10-37-16-20-39(21-17-37)12-8-32-48-44-28-24-41(25-29-44)34-47-36-46(43-14-6-5-7-15-43)50-35-42-26-30-45(31-27-42)49-33-9-13-40-22-18-38(11-4-2)19-23-40/h5-7,14-15,24-31,37-40,46H,3-4,8-13,16-23,32-36H2,1-2H3/t37-,38-,39-,40-,46-/m0/s1. The van der Waals surface area contributed by atoms with Gasteiger partial charge in [-0.1, -0.05) is 145 Å². The van der Waals surface area contributed by atoms with Gasteiger partial charge in [0.2, 0.25) is 0 Å². The first-order valence-corrected chi connectivity index (χ1v) is 20.4. The van der Waals surface area contributed by atoms with Crippen molar-refractivity contribution >= 4 is 0 Å². The summed E-state index contributed by atoms with van der Waals surface area (Å²) in [6.45, 7) is 7.79. The van der Waals surface area contributed by atoms with Crippen molar-refractivity contribution in [3.8, 4) is 11.5 Å². The number of hydrogen-bond acceptors (Lipinski definition) is 4. The second kappa shape index (κ2) is 22.2. The summed E-state index contributed by atoms with van der Waals surface area (Å²) in [4.78, 5) is 0. The van der Waals surface area contributed by atoms with Crippen LogP contribution in [0.2, 0.25) is 0 Å². The lowest BCUT2D eigenvalue weighted by molar-refractivity contribution is -0.0313. The highest BCUT2D eigenvalue weighted by Gasteiger charge is 2.21. The molecule has 0 radical (unpaired) electrons. The van der Waals surface area contributed by atoms with Crippen molar-refractivity contribution in [1.82, 2.24) is 0 Å². The van der Waals surface area contributed by atoms with Crippen molar-refractivity contribution in [2.45, 2.75) is 136 Å². The molecule has 2 saturated carbocycles. The zero-order valence-electron chi connectivity index (χ0n) is 31.4. The van der Waals surface area contributed by atoms with Crippen molar-refractivity contribution in [3.63, 3.8) is 0 Å². The Labute approximate surface area is 304 Å². The molecule has 274 valence electrons. The van der Waals surface area contributed by atoms with Gasteiger partial charge in [-0.3, -0.25) is 0 Å². The number of benzene rings is 3. The van der Waals surface area contributed by atoms with Crippen LogP contribution in [0.25, 0.3) is 0 Å². The molecular weight excluding hydrogens is 617 g/mol. The van der Waals surface area contributed by atoms with Gasteiger partial charge in [0, 0.05) is 0 Å². The van der Waals surface area contributed by atoms with Gasteiger partial charge in [0.05, 0.1) is 33.0 Å². The van der Waals surface area contributed by atoms with E-state index in [2.05, 4.69) is 86.6 Å². The Bertz CT molecular complexity index is 1270. The third kappa shape index (κ3) is 13.7. The highest BCUT2D eigenvalue weighted by atomic mass is 16.5. The van der Waals surface area contributed by atoms with Crippen molar-refractivity contribution < 1.29 is 18.9 Å². The van der Waals surface area contributed by atoms with Crippen molar-refractivity contribution in [2.24, 2.45) is 23.7 Å². The third-order valence-electron chi connectivity index (χ3n) is 11.4. The Kier molecular flexibility index (Phi) is 17.0. The number of rotatable bonds is 22. The molecule has 0 spiro atoms.